The zero-order valence-electron chi connectivity index (χ0n) is 16.0. The van der Waals surface area contributed by atoms with E-state index in [0.717, 1.165) is 0 Å². The van der Waals surface area contributed by atoms with E-state index in [-0.39, 0.29) is 18.6 Å². The summed E-state index contributed by atoms with van der Waals surface area (Å²) in [5.74, 6) is -0.736. The molecule has 7 nitrogen and oxygen atoms in total. The van der Waals surface area contributed by atoms with Gasteiger partial charge in [0.1, 0.15) is 12.3 Å². The van der Waals surface area contributed by atoms with Crippen molar-refractivity contribution < 1.29 is 23.9 Å². The molecular weight excluding hydrogens is 360 g/mol. The highest BCUT2D eigenvalue weighted by atomic mass is 16.5. The van der Waals surface area contributed by atoms with E-state index in [4.69, 9.17) is 9.47 Å². The van der Waals surface area contributed by atoms with Crippen LogP contribution in [0.3, 0.4) is 0 Å². The normalized spacial score (nSPS) is 14.1. The Hall–Kier alpha value is -3.35. The fourth-order valence-corrected chi connectivity index (χ4v) is 2.87. The number of hydrogen-bond acceptors (Lipinski definition) is 5. The second-order valence-electron chi connectivity index (χ2n) is 6.73. The van der Waals surface area contributed by atoms with Gasteiger partial charge >= 0.3 is 5.97 Å². The van der Waals surface area contributed by atoms with Crippen LogP contribution in [-0.4, -0.2) is 36.5 Å². The van der Waals surface area contributed by atoms with Crippen LogP contribution >= 0.6 is 0 Å². The average Bonchev–Trinajstić information content (AvgIpc) is 2.66. The molecule has 0 spiro atoms. The lowest BCUT2D eigenvalue weighted by Gasteiger charge is -2.30. The number of hydrogen-bond donors (Lipinski definition) is 1. The van der Waals surface area contributed by atoms with Crippen LogP contribution in [0.4, 0.5) is 11.4 Å². The maximum Gasteiger partial charge on any atom is 0.338 e. The molecule has 0 aliphatic carbocycles. The van der Waals surface area contributed by atoms with Gasteiger partial charge in [0.15, 0.2) is 6.10 Å². The molecule has 0 unspecified atom stereocenters. The van der Waals surface area contributed by atoms with E-state index >= 15 is 0 Å². The van der Waals surface area contributed by atoms with Gasteiger partial charge in [-0.2, -0.15) is 0 Å². The minimum atomic E-state index is -1.04. The molecule has 1 heterocycles. The number of rotatable bonds is 5. The van der Waals surface area contributed by atoms with Crippen LogP contribution in [0.15, 0.2) is 48.5 Å². The van der Waals surface area contributed by atoms with E-state index in [1.807, 2.05) is 13.8 Å². The molecule has 7 heteroatoms. The number of nitrogens with zero attached hydrogens (tertiary/aromatic N) is 1. The first-order chi connectivity index (χ1) is 13.3. The Kier molecular flexibility index (Phi) is 5.63. The largest absolute Gasteiger partial charge is 0.491 e. The maximum absolute atomic E-state index is 12.8. The van der Waals surface area contributed by atoms with Gasteiger partial charge in [0.05, 0.1) is 23.0 Å². The van der Waals surface area contributed by atoms with Gasteiger partial charge < -0.3 is 14.8 Å². The first kappa shape index (κ1) is 19.4. The van der Waals surface area contributed by atoms with Crippen molar-refractivity contribution in [1.82, 2.24) is 0 Å². The molecule has 28 heavy (non-hydrogen) atoms. The van der Waals surface area contributed by atoms with Gasteiger partial charge in [-0.3, -0.25) is 14.5 Å². The van der Waals surface area contributed by atoms with E-state index in [0.29, 0.717) is 22.7 Å². The minimum Gasteiger partial charge on any atom is -0.491 e. The van der Waals surface area contributed by atoms with Gasteiger partial charge in [-0.25, -0.2) is 4.79 Å². The molecule has 1 aliphatic heterocycles. The number of carbonyl (C=O) groups excluding carboxylic acids is 3. The molecule has 0 bridgehead atoms. The third-order valence-electron chi connectivity index (χ3n) is 4.13. The molecular formula is C21H22N2O5. The zero-order chi connectivity index (χ0) is 20.3. The van der Waals surface area contributed by atoms with Crippen LogP contribution in [0, 0.1) is 0 Å². The highest BCUT2D eigenvalue weighted by Crippen LogP contribution is 2.29. The van der Waals surface area contributed by atoms with Crippen LogP contribution < -0.4 is 15.0 Å². The van der Waals surface area contributed by atoms with Crippen molar-refractivity contribution in [3.05, 3.63) is 54.1 Å². The average molecular weight is 382 g/mol. The van der Waals surface area contributed by atoms with E-state index < -0.39 is 18.0 Å². The van der Waals surface area contributed by atoms with Crippen LogP contribution in [-0.2, 0) is 14.3 Å². The lowest BCUT2D eigenvalue weighted by Crippen LogP contribution is -2.47. The number of nitrogens with one attached hydrogen (secondary N) is 1. The number of anilines is 2. The smallest absolute Gasteiger partial charge is 0.338 e. The van der Waals surface area contributed by atoms with E-state index in [1.54, 1.807) is 48.5 Å². The van der Waals surface area contributed by atoms with Crippen molar-refractivity contribution in [1.29, 1.82) is 0 Å². The van der Waals surface area contributed by atoms with Crippen molar-refractivity contribution in [3.8, 4) is 5.75 Å². The predicted molar refractivity (Wildman–Crippen MR) is 105 cm³/mol. The third-order valence-corrected chi connectivity index (χ3v) is 4.13. The summed E-state index contributed by atoms with van der Waals surface area (Å²) in [5, 5.41) is 2.72. The molecule has 3 rings (SSSR count). The van der Waals surface area contributed by atoms with Gasteiger partial charge in [-0.1, -0.05) is 12.1 Å². The van der Waals surface area contributed by atoms with Crippen molar-refractivity contribution in [2.75, 3.05) is 16.8 Å². The fourth-order valence-electron chi connectivity index (χ4n) is 2.87. The molecule has 2 aromatic rings. The van der Waals surface area contributed by atoms with Gasteiger partial charge in [0.2, 0.25) is 5.91 Å². The monoisotopic (exact) mass is 382 g/mol. The number of para-hydroxylation sites is 2. The highest BCUT2D eigenvalue weighted by molar-refractivity contribution is 6.11. The zero-order valence-corrected chi connectivity index (χ0v) is 16.0. The van der Waals surface area contributed by atoms with Crippen molar-refractivity contribution in [3.63, 3.8) is 0 Å². The summed E-state index contributed by atoms with van der Waals surface area (Å²) < 4.78 is 10.9. The van der Waals surface area contributed by atoms with E-state index in [1.165, 1.54) is 11.8 Å². The van der Waals surface area contributed by atoms with Crippen LogP contribution in [0.25, 0.3) is 0 Å². The van der Waals surface area contributed by atoms with Crippen molar-refractivity contribution >= 4 is 29.2 Å². The molecule has 0 fully saturated rings. The first-order valence-electron chi connectivity index (χ1n) is 9.03. The predicted octanol–water partition coefficient (Wildman–Crippen LogP) is 3.00. The minimum absolute atomic E-state index is 0.0278. The number of amides is 2. The Labute approximate surface area is 163 Å². The van der Waals surface area contributed by atoms with E-state index in [9.17, 15) is 14.4 Å². The number of ether oxygens (including phenoxy) is 2. The molecule has 1 atom stereocenters. The Balaban J connectivity index is 1.69. The van der Waals surface area contributed by atoms with Gasteiger partial charge in [-0.05, 0) is 57.2 Å². The second-order valence-corrected chi connectivity index (χ2v) is 6.73. The lowest BCUT2D eigenvalue weighted by atomic mass is 10.1. The lowest BCUT2D eigenvalue weighted by molar-refractivity contribution is -0.128. The molecule has 0 radical (unpaired) electrons. The summed E-state index contributed by atoms with van der Waals surface area (Å²) >= 11 is 0. The van der Waals surface area contributed by atoms with Crippen molar-refractivity contribution in [2.24, 2.45) is 0 Å². The second kappa shape index (κ2) is 8.12. The van der Waals surface area contributed by atoms with Crippen LogP contribution in [0.1, 0.15) is 31.1 Å². The first-order valence-corrected chi connectivity index (χ1v) is 9.03. The van der Waals surface area contributed by atoms with E-state index in [2.05, 4.69) is 5.32 Å². The molecule has 0 saturated heterocycles. The summed E-state index contributed by atoms with van der Waals surface area (Å²) in [6, 6.07) is 13.5. The summed E-state index contributed by atoms with van der Waals surface area (Å²) in [4.78, 5) is 38.4. The SMILES string of the molecule is CC(C)Oc1ccc(C(=O)O[C@H](C)C(=O)N2CC(=O)Nc3ccccc32)cc1. The number of carbonyl (C=O) groups is 3. The quantitative estimate of drug-likeness (QED) is 0.804. The molecule has 1 N–H and O–H groups in total. The number of esters is 1. The Morgan fingerprint density at radius 2 is 1.71 bits per heavy atom. The molecule has 0 saturated carbocycles. The Morgan fingerprint density at radius 1 is 1.04 bits per heavy atom. The summed E-state index contributed by atoms with van der Waals surface area (Å²) in [6.45, 7) is 5.19. The van der Waals surface area contributed by atoms with Gasteiger partial charge in [-0.15, -0.1) is 0 Å². The van der Waals surface area contributed by atoms with Crippen molar-refractivity contribution in [2.45, 2.75) is 33.0 Å². The Morgan fingerprint density at radius 3 is 2.39 bits per heavy atom. The Bertz CT molecular complexity index is 892. The topological polar surface area (TPSA) is 84.9 Å². The fraction of sp³-hybridized carbons (Fsp3) is 0.286. The third kappa shape index (κ3) is 4.31. The molecule has 2 aromatic carbocycles. The molecule has 146 valence electrons. The molecule has 1 aliphatic rings. The highest BCUT2D eigenvalue weighted by Gasteiger charge is 2.31. The summed E-state index contributed by atoms with van der Waals surface area (Å²) in [5.41, 5.74) is 1.43. The number of benzene rings is 2. The molecule has 0 aromatic heterocycles. The maximum atomic E-state index is 12.8. The molecule has 2 amide bonds. The standard InChI is InChI=1S/C21H22N2O5/c1-13(2)27-16-10-8-15(9-11-16)21(26)28-14(3)20(25)23-12-19(24)22-17-6-4-5-7-18(17)23/h4-11,13-14H,12H2,1-3H3,(H,22,24)/t14-/m1/s1. The van der Waals surface area contributed by atoms with Crippen LogP contribution in [0.2, 0.25) is 0 Å². The summed E-state index contributed by atoms with van der Waals surface area (Å²) in [7, 11) is 0. The van der Waals surface area contributed by atoms with Gasteiger partial charge in [0, 0.05) is 0 Å². The summed E-state index contributed by atoms with van der Waals surface area (Å²) in [6.07, 6.45) is -1.02. The van der Waals surface area contributed by atoms with Gasteiger partial charge in [0.25, 0.3) is 5.91 Å². The van der Waals surface area contributed by atoms with Crippen LogP contribution in [0.5, 0.6) is 5.75 Å². The number of fused-ring (bicyclic) bond motifs is 1.